The molecule has 11 heteroatoms. The van der Waals surface area contributed by atoms with Gasteiger partial charge in [-0.1, -0.05) is 18.2 Å². The minimum absolute atomic E-state index is 0. The van der Waals surface area contributed by atoms with Crippen molar-refractivity contribution in [1.82, 2.24) is 15.4 Å². The molecule has 0 aliphatic heterocycles. The van der Waals surface area contributed by atoms with Gasteiger partial charge in [-0.05, 0) is 37.4 Å². The van der Waals surface area contributed by atoms with Crippen LogP contribution in [0.5, 0.6) is 5.75 Å². The number of hydrogen-bond donors (Lipinski definition) is 3. The molecule has 162 valence electrons. The van der Waals surface area contributed by atoms with Crippen molar-refractivity contribution in [2.24, 2.45) is 4.99 Å². The average molecular weight is 556 g/mol. The Hall–Kier alpha value is -1.44. The van der Waals surface area contributed by atoms with E-state index in [-0.39, 0.29) is 46.6 Å². The number of rotatable bonds is 10. The van der Waals surface area contributed by atoms with E-state index in [1.54, 1.807) is 42.6 Å². The van der Waals surface area contributed by atoms with E-state index in [2.05, 4.69) is 20.3 Å². The molecule has 1 unspecified atom stereocenters. The lowest BCUT2D eigenvalue weighted by atomic mass is 10.3. The second-order valence-electron chi connectivity index (χ2n) is 5.84. The normalized spacial score (nSPS) is 12.7. The van der Waals surface area contributed by atoms with Gasteiger partial charge in [0.15, 0.2) is 17.5 Å². The van der Waals surface area contributed by atoms with Crippen LogP contribution in [0.2, 0.25) is 0 Å². The first kappa shape index (κ1) is 25.6. The van der Waals surface area contributed by atoms with Gasteiger partial charge in [-0.25, -0.2) is 22.5 Å². The summed E-state index contributed by atoms with van der Waals surface area (Å²) in [7, 11) is -3.48. The maximum atomic E-state index is 13.6. The van der Waals surface area contributed by atoms with Gasteiger partial charge < -0.3 is 15.4 Å². The molecule has 0 saturated carbocycles. The summed E-state index contributed by atoms with van der Waals surface area (Å²) in [6.07, 6.45) is -0.329. The fourth-order valence-electron chi connectivity index (χ4n) is 2.21. The summed E-state index contributed by atoms with van der Waals surface area (Å²) >= 11 is 1.17. The summed E-state index contributed by atoms with van der Waals surface area (Å²) in [5.41, 5.74) is 0. The van der Waals surface area contributed by atoms with Crippen LogP contribution >= 0.6 is 35.3 Å². The highest BCUT2D eigenvalue weighted by Gasteiger charge is 2.14. The first-order valence-electron chi connectivity index (χ1n) is 8.89. The Morgan fingerprint density at radius 3 is 2.62 bits per heavy atom. The molecule has 2 rings (SSSR count). The molecule has 1 heterocycles. The van der Waals surface area contributed by atoms with Crippen molar-refractivity contribution in [1.29, 1.82) is 0 Å². The molecule has 2 aromatic rings. The van der Waals surface area contributed by atoms with E-state index in [1.165, 1.54) is 17.4 Å². The lowest BCUT2D eigenvalue weighted by Gasteiger charge is -2.15. The topological polar surface area (TPSA) is 91.8 Å². The molecular weight excluding hydrogens is 530 g/mol. The van der Waals surface area contributed by atoms with Crippen LogP contribution in [0.15, 0.2) is 51.0 Å². The first-order valence-corrected chi connectivity index (χ1v) is 11.2. The fraction of sp³-hybridized carbons (Fsp3) is 0.389. The molecule has 1 aromatic heterocycles. The predicted octanol–water partition coefficient (Wildman–Crippen LogP) is 2.81. The van der Waals surface area contributed by atoms with E-state index in [0.717, 1.165) is 0 Å². The van der Waals surface area contributed by atoms with Crippen LogP contribution in [-0.2, 0) is 10.0 Å². The molecule has 1 atom stereocenters. The minimum atomic E-state index is -3.48. The number of thiophene rings is 1. The van der Waals surface area contributed by atoms with Gasteiger partial charge in [0.1, 0.15) is 10.3 Å². The highest BCUT2D eigenvalue weighted by Crippen LogP contribution is 2.17. The molecule has 0 radical (unpaired) electrons. The zero-order valence-electron chi connectivity index (χ0n) is 16.2. The predicted molar refractivity (Wildman–Crippen MR) is 125 cm³/mol. The third kappa shape index (κ3) is 8.84. The van der Waals surface area contributed by atoms with E-state index in [1.807, 2.05) is 6.92 Å². The summed E-state index contributed by atoms with van der Waals surface area (Å²) in [6, 6.07) is 9.47. The number of para-hydroxylation sites is 1. The highest BCUT2D eigenvalue weighted by atomic mass is 127. The maximum absolute atomic E-state index is 13.6. The Bertz CT molecular complexity index is 864. The molecular formula is C18H26FIN4O3S2. The van der Waals surface area contributed by atoms with Gasteiger partial charge in [0, 0.05) is 19.6 Å². The highest BCUT2D eigenvalue weighted by molar-refractivity contribution is 14.0. The van der Waals surface area contributed by atoms with Crippen molar-refractivity contribution in [3.8, 4) is 5.75 Å². The molecule has 3 N–H and O–H groups in total. The first-order chi connectivity index (χ1) is 13.4. The van der Waals surface area contributed by atoms with E-state index >= 15 is 0 Å². The third-order valence-electron chi connectivity index (χ3n) is 3.48. The van der Waals surface area contributed by atoms with Crippen LogP contribution < -0.4 is 20.1 Å². The molecule has 0 bridgehead atoms. The molecule has 0 fully saturated rings. The minimum Gasteiger partial charge on any atom is -0.486 e. The Labute approximate surface area is 192 Å². The number of nitrogens with one attached hydrogen (secondary N) is 3. The summed E-state index contributed by atoms with van der Waals surface area (Å²) in [5, 5.41) is 7.84. The van der Waals surface area contributed by atoms with Crippen LogP contribution in [0, 0.1) is 5.82 Å². The van der Waals surface area contributed by atoms with Crippen molar-refractivity contribution in [3.63, 3.8) is 0 Å². The molecule has 0 aliphatic carbocycles. The quantitative estimate of drug-likeness (QED) is 0.181. The summed E-state index contributed by atoms with van der Waals surface area (Å²) < 4.78 is 46.1. The Kier molecular flexibility index (Phi) is 11.5. The lowest BCUT2D eigenvalue weighted by molar-refractivity contribution is 0.220. The van der Waals surface area contributed by atoms with Crippen LogP contribution in [0.1, 0.15) is 13.8 Å². The fourth-order valence-corrected chi connectivity index (χ4v) is 4.28. The lowest BCUT2D eigenvalue weighted by Crippen LogP contribution is -2.42. The summed E-state index contributed by atoms with van der Waals surface area (Å²) in [6.45, 7) is 5.26. The number of benzene rings is 1. The number of guanidine groups is 1. The van der Waals surface area contributed by atoms with Crippen molar-refractivity contribution >= 4 is 51.3 Å². The van der Waals surface area contributed by atoms with Crippen LogP contribution in [0.3, 0.4) is 0 Å². The van der Waals surface area contributed by atoms with Crippen molar-refractivity contribution in [2.45, 2.75) is 24.2 Å². The van der Waals surface area contributed by atoms with Gasteiger partial charge in [0.05, 0.1) is 6.54 Å². The SMILES string of the molecule is CCNC(=NCC(C)Oc1ccccc1F)NCCNS(=O)(=O)c1cccs1.I. The van der Waals surface area contributed by atoms with Crippen molar-refractivity contribution in [3.05, 3.63) is 47.6 Å². The number of sulfonamides is 1. The molecule has 7 nitrogen and oxygen atoms in total. The molecule has 29 heavy (non-hydrogen) atoms. The van der Waals surface area contributed by atoms with Crippen LogP contribution in [-0.4, -0.2) is 46.7 Å². The van der Waals surface area contributed by atoms with Gasteiger partial charge in [0.25, 0.3) is 0 Å². The van der Waals surface area contributed by atoms with E-state index in [4.69, 9.17) is 4.74 Å². The monoisotopic (exact) mass is 556 g/mol. The number of aliphatic imine (C=N–C) groups is 1. The molecule has 0 amide bonds. The van der Waals surface area contributed by atoms with Gasteiger partial charge in [-0.3, -0.25) is 0 Å². The Balaban J connectivity index is 0.00000420. The van der Waals surface area contributed by atoms with E-state index < -0.39 is 15.8 Å². The Morgan fingerprint density at radius 1 is 1.21 bits per heavy atom. The Morgan fingerprint density at radius 2 is 1.97 bits per heavy atom. The molecule has 0 spiro atoms. The van der Waals surface area contributed by atoms with Crippen LogP contribution in [0.4, 0.5) is 4.39 Å². The van der Waals surface area contributed by atoms with E-state index in [0.29, 0.717) is 25.6 Å². The van der Waals surface area contributed by atoms with E-state index in [9.17, 15) is 12.8 Å². The smallest absolute Gasteiger partial charge is 0.250 e. The van der Waals surface area contributed by atoms with Gasteiger partial charge in [-0.2, -0.15) is 0 Å². The second kappa shape index (κ2) is 13.0. The molecule has 0 aliphatic rings. The van der Waals surface area contributed by atoms with Gasteiger partial charge in [-0.15, -0.1) is 35.3 Å². The number of hydrogen-bond acceptors (Lipinski definition) is 5. The molecule has 0 saturated heterocycles. The third-order valence-corrected chi connectivity index (χ3v) is 6.34. The van der Waals surface area contributed by atoms with Crippen molar-refractivity contribution < 1.29 is 17.5 Å². The van der Waals surface area contributed by atoms with Crippen LogP contribution in [0.25, 0.3) is 0 Å². The van der Waals surface area contributed by atoms with Crippen molar-refractivity contribution in [2.75, 3.05) is 26.2 Å². The molecule has 1 aromatic carbocycles. The number of ether oxygens (including phenoxy) is 1. The zero-order valence-corrected chi connectivity index (χ0v) is 20.2. The van der Waals surface area contributed by atoms with Gasteiger partial charge in [0.2, 0.25) is 10.0 Å². The average Bonchev–Trinajstić information content (AvgIpc) is 3.21. The number of halogens is 2. The van der Waals surface area contributed by atoms with Gasteiger partial charge >= 0.3 is 0 Å². The number of nitrogens with zero attached hydrogens (tertiary/aromatic N) is 1. The summed E-state index contributed by atoms with van der Waals surface area (Å²) in [5.74, 6) is 0.300. The summed E-state index contributed by atoms with van der Waals surface area (Å²) in [4.78, 5) is 4.39. The largest absolute Gasteiger partial charge is 0.486 e. The maximum Gasteiger partial charge on any atom is 0.250 e. The second-order valence-corrected chi connectivity index (χ2v) is 8.78. The standard InChI is InChI=1S/C18H25FN4O3S2.HI/c1-3-20-18(21-10-11-23-28(24,25)17-9-6-12-27-17)22-13-14(2)26-16-8-5-4-7-15(16)19;/h4-9,12,14,23H,3,10-11,13H2,1-2H3,(H2,20,21,22);1H. The zero-order chi connectivity index (χ0) is 20.4.